The number of unbranched alkanes of at least 4 members (excludes halogenated alkanes) is 1. The Kier molecular flexibility index (Phi) is 13.1. The molecule has 0 aliphatic carbocycles. The first kappa shape index (κ1) is 29.5. The number of hydrogen-bond acceptors (Lipinski definition) is 6. The Morgan fingerprint density at radius 3 is 1.11 bits per heavy atom. The van der Waals surface area contributed by atoms with E-state index in [1.165, 1.54) is 0 Å². The highest BCUT2D eigenvalue weighted by atomic mass is 16.2. The molecule has 12 heteroatoms. The summed E-state index contributed by atoms with van der Waals surface area (Å²) in [6.45, 7) is -0.224. The van der Waals surface area contributed by atoms with Gasteiger partial charge in [0.1, 0.15) is 0 Å². The van der Waals surface area contributed by atoms with E-state index in [2.05, 4.69) is 31.9 Å². The van der Waals surface area contributed by atoms with Crippen LogP contribution in [0.25, 0.3) is 0 Å². The van der Waals surface area contributed by atoms with Crippen molar-refractivity contribution in [2.45, 2.75) is 12.8 Å². The third kappa shape index (κ3) is 12.3. The molecule has 0 radical (unpaired) electrons. The van der Waals surface area contributed by atoms with Gasteiger partial charge in [0.15, 0.2) is 0 Å². The van der Waals surface area contributed by atoms with Gasteiger partial charge in [-0.05, 0) is 37.1 Å². The Hall–Kier alpha value is -4.74. The van der Waals surface area contributed by atoms with Crippen LogP contribution in [-0.2, 0) is 19.2 Å². The lowest BCUT2D eigenvalue weighted by Crippen LogP contribution is -2.42. The highest BCUT2D eigenvalue weighted by molar-refractivity contribution is 5.97. The van der Waals surface area contributed by atoms with Gasteiger partial charge in [-0.25, -0.2) is 0 Å². The summed E-state index contributed by atoms with van der Waals surface area (Å²) in [6.07, 6.45) is 1.18. The molecule has 0 aliphatic rings. The van der Waals surface area contributed by atoms with E-state index in [-0.39, 0.29) is 49.8 Å². The molecule has 6 N–H and O–H groups in total. The van der Waals surface area contributed by atoms with Crippen LogP contribution in [-0.4, -0.2) is 74.7 Å². The fourth-order valence-corrected chi connectivity index (χ4v) is 3.02. The van der Waals surface area contributed by atoms with E-state index in [1.54, 1.807) is 60.7 Å². The molecular formula is C26H32N6O6. The number of nitrogens with one attached hydrogen (secondary N) is 6. The van der Waals surface area contributed by atoms with Gasteiger partial charge < -0.3 is 31.9 Å². The number of benzene rings is 2. The van der Waals surface area contributed by atoms with Gasteiger partial charge in [0.25, 0.3) is 11.8 Å². The maximum atomic E-state index is 11.9. The van der Waals surface area contributed by atoms with Gasteiger partial charge >= 0.3 is 0 Å². The summed E-state index contributed by atoms with van der Waals surface area (Å²) in [5, 5.41) is 15.1. The molecule has 0 fully saturated rings. The van der Waals surface area contributed by atoms with Crippen molar-refractivity contribution in [3.63, 3.8) is 0 Å². The molecule has 0 spiro atoms. The van der Waals surface area contributed by atoms with Gasteiger partial charge in [0.2, 0.25) is 23.6 Å². The number of carbonyl (C=O) groups is 6. The van der Waals surface area contributed by atoms with Gasteiger partial charge in [-0.3, -0.25) is 28.8 Å². The van der Waals surface area contributed by atoms with Crippen molar-refractivity contribution in [1.29, 1.82) is 0 Å². The van der Waals surface area contributed by atoms with Crippen molar-refractivity contribution in [1.82, 2.24) is 31.9 Å². The standard InChI is InChI=1S/C26H32N6O6/c33-21(15-29-23(35)17-31-25(37)19-9-3-1-4-10-19)27-13-7-8-14-28-22(34)16-30-24(36)18-32-26(38)20-11-5-2-6-12-20/h1-6,9-12H,7-8,13-18H2,(H,27,33)(H,28,34)(H,29,35)(H,30,36)(H,31,37)(H,32,38). The third-order valence-electron chi connectivity index (χ3n) is 5.03. The first-order chi connectivity index (χ1) is 18.3. The summed E-state index contributed by atoms with van der Waals surface area (Å²) in [7, 11) is 0. The van der Waals surface area contributed by atoms with Crippen LogP contribution in [0.5, 0.6) is 0 Å². The summed E-state index contributed by atoms with van der Waals surface area (Å²) in [5.41, 5.74) is 0.868. The van der Waals surface area contributed by atoms with E-state index in [4.69, 9.17) is 0 Å². The Balaban J connectivity index is 1.44. The average Bonchev–Trinajstić information content (AvgIpc) is 2.95. The Morgan fingerprint density at radius 2 is 0.737 bits per heavy atom. The maximum Gasteiger partial charge on any atom is 0.251 e. The summed E-state index contributed by atoms with van der Waals surface area (Å²) < 4.78 is 0. The van der Waals surface area contributed by atoms with Gasteiger partial charge in [-0.1, -0.05) is 36.4 Å². The molecule has 2 aromatic carbocycles. The van der Waals surface area contributed by atoms with Crippen LogP contribution in [0.2, 0.25) is 0 Å². The quantitative estimate of drug-likeness (QED) is 0.165. The zero-order chi connectivity index (χ0) is 27.6. The molecule has 0 bridgehead atoms. The molecule has 12 nitrogen and oxygen atoms in total. The fraction of sp³-hybridized carbons (Fsp3) is 0.308. The molecule has 2 aromatic rings. The molecule has 38 heavy (non-hydrogen) atoms. The second kappa shape index (κ2) is 16.8. The maximum absolute atomic E-state index is 11.9. The predicted molar refractivity (Wildman–Crippen MR) is 139 cm³/mol. The minimum Gasteiger partial charge on any atom is -0.355 e. The second-order valence-corrected chi connectivity index (χ2v) is 8.06. The van der Waals surface area contributed by atoms with Crippen molar-refractivity contribution in [3.05, 3.63) is 71.8 Å². The monoisotopic (exact) mass is 524 g/mol. The van der Waals surface area contributed by atoms with E-state index in [1.807, 2.05) is 0 Å². The first-order valence-electron chi connectivity index (χ1n) is 12.1. The van der Waals surface area contributed by atoms with E-state index in [0.29, 0.717) is 37.1 Å². The van der Waals surface area contributed by atoms with Crippen LogP contribution in [0.4, 0.5) is 0 Å². The third-order valence-corrected chi connectivity index (χ3v) is 5.03. The first-order valence-corrected chi connectivity index (χ1v) is 12.1. The van der Waals surface area contributed by atoms with Gasteiger partial charge in [-0.2, -0.15) is 0 Å². The topological polar surface area (TPSA) is 175 Å². The SMILES string of the molecule is O=C(CNC(=O)CNC(=O)c1ccccc1)NCCCCNC(=O)CNC(=O)CNC(=O)c1ccccc1. The van der Waals surface area contributed by atoms with E-state index in [0.717, 1.165) is 0 Å². The van der Waals surface area contributed by atoms with Crippen LogP contribution >= 0.6 is 0 Å². The van der Waals surface area contributed by atoms with Crippen LogP contribution in [0.15, 0.2) is 60.7 Å². The van der Waals surface area contributed by atoms with Crippen molar-refractivity contribution in [2.24, 2.45) is 0 Å². The zero-order valence-electron chi connectivity index (χ0n) is 20.9. The normalized spacial score (nSPS) is 10.0. The minimum absolute atomic E-state index is 0.220. The largest absolute Gasteiger partial charge is 0.355 e. The van der Waals surface area contributed by atoms with E-state index >= 15 is 0 Å². The molecule has 0 aliphatic heterocycles. The number of amides is 6. The van der Waals surface area contributed by atoms with Crippen molar-refractivity contribution >= 4 is 35.4 Å². The molecule has 0 saturated heterocycles. The van der Waals surface area contributed by atoms with E-state index in [9.17, 15) is 28.8 Å². The van der Waals surface area contributed by atoms with E-state index < -0.39 is 11.8 Å². The Labute approximate surface area is 220 Å². The minimum atomic E-state index is -0.488. The van der Waals surface area contributed by atoms with Gasteiger partial charge in [0, 0.05) is 24.2 Å². The highest BCUT2D eigenvalue weighted by Crippen LogP contribution is 1.98. The number of carbonyl (C=O) groups excluding carboxylic acids is 6. The predicted octanol–water partition coefficient (Wildman–Crippen LogP) is -0.909. The number of hydrogen-bond donors (Lipinski definition) is 6. The van der Waals surface area contributed by atoms with Crippen LogP contribution in [0, 0.1) is 0 Å². The summed E-state index contributed by atoms with van der Waals surface area (Å²) in [5.74, 6) is -2.49. The highest BCUT2D eigenvalue weighted by Gasteiger charge is 2.10. The van der Waals surface area contributed by atoms with Crippen molar-refractivity contribution in [3.8, 4) is 0 Å². The molecule has 0 unspecified atom stereocenters. The summed E-state index contributed by atoms with van der Waals surface area (Å²) in [6, 6.07) is 16.9. The molecule has 2 rings (SSSR count). The Morgan fingerprint density at radius 1 is 0.421 bits per heavy atom. The molecule has 0 atom stereocenters. The van der Waals surface area contributed by atoms with Crippen LogP contribution in [0.1, 0.15) is 33.6 Å². The molecule has 0 saturated carbocycles. The Bertz CT molecular complexity index is 1010. The van der Waals surface area contributed by atoms with Crippen molar-refractivity contribution < 1.29 is 28.8 Å². The molecule has 6 amide bonds. The lowest BCUT2D eigenvalue weighted by molar-refractivity contribution is -0.125. The molecular weight excluding hydrogens is 492 g/mol. The number of rotatable bonds is 15. The van der Waals surface area contributed by atoms with Gasteiger partial charge in [0.05, 0.1) is 26.2 Å². The summed E-state index contributed by atoms with van der Waals surface area (Å²) in [4.78, 5) is 71.0. The molecule has 0 aromatic heterocycles. The second-order valence-electron chi connectivity index (χ2n) is 8.06. The van der Waals surface area contributed by atoms with Gasteiger partial charge in [-0.15, -0.1) is 0 Å². The summed E-state index contributed by atoms with van der Waals surface area (Å²) >= 11 is 0. The van der Waals surface area contributed by atoms with Crippen LogP contribution < -0.4 is 31.9 Å². The lowest BCUT2D eigenvalue weighted by atomic mass is 10.2. The average molecular weight is 525 g/mol. The lowest BCUT2D eigenvalue weighted by Gasteiger charge is -2.09. The fourth-order valence-electron chi connectivity index (χ4n) is 3.02. The van der Waals surface area contributed by atoms with Crippen LogP contribution in [0.3, 0.4) is 0 Å². The van der Waals surface area contributed by atoms with Crippen molar-refractivity contribution in [2.75, 3.05) is 39.3 Å². The smallest absolute Gasteiger partial charge is 0.251 e. The zero-order valence-corrected chi connectivity index (χ0v) is 20.9. The molecule has 202 valence electrons. The molecule has 0 heterocycles.